The number of carbonyl (C=O) groups is 3. The van der Waals surface area contributed by atoms with Crippen LogP contribution < -0.4 is 10.6 Å². The van der Waals surface area contributed by atoms with Crippen molar-refractivity contribution in [2.24, 2.45) is 11.8 Å². The van der Waals surface area contributed by atoms with E-state index in [4.69, 9.17) is 4.74 Å². The highest BCUT2D eigenvalue weighted by atomic mass is 16.5. The van der Waals surface area contributed by atoms with E-state index in [0.29, 0.717) is 19.4 Å². The number of amides is 3. The Morgan fingerprint density at radius 3 is 2.54 bits per heavy atom. The Bertz CT molecular complexity index is 980. The van der Waals surface area contributed by atoms with Gasteiger partial charge in [0.1, 0.15) is 11.6 Å². The molecule has 1 aliphatic carbocycles. The quantitative estimate of drug-likeness (QED) is 0.549. The lowest BCUT2D eigenvalue weighted by Crippen LogP contribution is -2.59. The van der Waals surface area contributed by atoms with Gasteiger partial charge in [-0.05, 0) is 45.1 Å². The first-order chi connectivity index (χ1) is 16.8. The van der Waals surface area contributed by atoms with E-state index in [9.17, 15) is 19.5 Å². The van der Waals surface area contributed by atoms with Crippen molar-refractivity contribution in [2.45, 2.75) is 94.7 Å². The number of rotatable bonds is 7. The summed E-state index contributed by atoms with van der Waals surface area (Å²) in [7, 11) is 0. The standard InChI is InChI=1S/C27H37N3O5/c1-17(16-31)30-22(24(33)29-19-11-7-4-8-12-19)27-14-13-26(2,35-27)20(21(27)25(30)34)23(32)28-15-18-9-5-3-6-10-18/h3,5-6,9-10,17,19-22,31H,4,7-8,11-16H2,1-2H3,(H,28,32)(H,29,33)/t17-,20-,21+,22?,26+,27?/m1/s1. The van der Waals surface area contributed by atoms with Gasteiger partial charge in [0.15, 0.2) is 0 Å². The van der Waals surface area contributed by atoms with Gasteiger partial charge in [-0.1, -0.05) is 49.6 Å². The number of benzene rings is 1. The highest BCUT2D eigenvalue weighted by Gasteiger charge is 2.78. The number of fused-ring (bicyclic) bond motifs is 1. The molecule has 3 aliphatic heterocycles. The van der Waals surface area contributed by atoms with Crippen LogP contribution in [-0.2, 0) is 25.7 Å². The molecule has 2 unspecified atom stereocenters. The van der Waals surface area contributed by atoms with Crippen molar-refractivity contribution >= 4 is 17.7 Å². The molecule has 0 radical (unpaired) electrons. The highest BCUT2D eigenvalue weighted by molar-refractivity contribution is 5.99. The number of hydrogen-bond acceptors (Lipinski definition) is 5. The van der Waals surface area contributed by atoms with E-state index in [-0.39, 0.29) is 30.4 Å². The molecule has 190 valence electrons. The highest BCUT2D eigenvalue weighted by Crippen LogP contribution is 2.63. The van der Waals surface area contributed by atoms with Gasteiger partial charge in [0.2, 0.25) is 17.7 Å². The van der Waals surface area contributed by atoms with E-state index in [2.05, 4.69) is 10.6 Å². The number of carbonyl (C=O) groups excluding carboxylic acids is 3. The third-order valence-corrected chi connectivity index (χ3v) is 8.75. The fraction of sp³-hybridized carbons (Fsp3) is 0.667. The summed E-state index contributed by atoms with van der Waals surface area (Å²) >= 11 is 0. The van der Waals surface area contributed by atoms with Crippen LogP contribution in [-0.4, -0.2) is 63.7 Å². The summed E-state index contributed by atoms with van der Waals surface area (Å²) in [6.45, 7) is 3.75. The van der Waals surface area contributed by atoms with Crippen LogP contribution in [0.15, 0.2) is 30.3 Å². The normalized spacial score (nSPS) is 35.1. The van der Waals surface area contributed by atoms with Crippen LogP contribution in [0.4, 0.5) is 0 Å². The molecule has 1 aromatic carbocycles. The Kier molecular flexibility index (Phi) is 6.38. The van der Waals surface area contributed by atoms with E-state index in [1.807, 2.05) is 37.3 Å². The van der Waals surface area contributed by atoms with E-state index >= 15 is 0 Å². The Morgan fingerprint density at radius 2 is 1.86 bits per heavy atom. The SMILES string of the molecule is C[C@H](CO)N1C(=O)[C@@H]2[C@H](C(=O)NCc3ccccc3)[C@]3(C)CCC2(O3)C1C(=O)NC1CCCCC1. The summed E-state index contributed by atoms with van der Waals surface area (Å²) in [4.78, 5) is 42.7. The monoisotopic (exact) mass is 483 g/mol. The zero-order valence-electron chi connectivity index (χ0n) is 20.7. The van der Waals surface area contributed by atoms with E-state index in [1.165, 1.54) is 11.3 Å². The maximum absolute atomic E-state index is 13.9. The van der Waals surface area contributed by atoms with Gasteiger partial charge in [0.25, 0.3) is 0 Å². The molecule has 6 atom stereocenters. The van der Waals surface area contributed by atoms with Gasteiger partial charge in [0, 0.05) is 12.6 Å². The van der Waals surface area contributed by atoms with Crippen LogP contribution in [0.5, 0.6) is 0 Å². The molecule has 1 spiro atoms. The smallest absolute Gasteiger partial charge is 0.246 e. The first kappa shape index (κ1) is 24.3. The molecule has 8 nitrogen and oxygen atoms in total. The lowest BCUT2D eigenvalue weighted by atomic mass is 9.66. The minimum absolute atomic E-state index is 0.0900. The Hall–Kier alpha value is -2.45. The van der Waals surface area contributed by atoms with Crippen LogP contribution in [0.3, 0.4) is 0 Å². The van der Waals surface area contributed by atoms with Crippen molar-refractivity contribution in [1.29, 1.82) is 0 Å². The fourth-order valence-electron chi connectivity index (χ4n) is 7.05. The first-order valence-electron chi connectivity index (χ1n) is 13.1. The van der Waals surface area contributed by atoms with Crippen LogP contribution >= 0.6 is 0 Å². The Morgan fingerprint density at radius 1 is 1.14 bits per heavy atom. The second-order valence-electron chi connectivity index (χ2n) is 11.1. The third-order valence-electron chi connectivity index (χ3n) is 8.75. The van der Waals surface area contributed by atoms with Crippen molar-refractivity contribution in [1.82, 2.24) is 15.5 Å². The zero-order chi connectivity index (χ0) is 24.8. The van der Waals surface area contributed by atoms with E-state index in [1.54, 1.807) is 6.92 Å². The fourth-order valence-corrected chi connectivity index (χ4v) is 7.05. The van der Waals surface area contributed by atoms with Crippen molar-refractivity contribution in [3.05, 3.63) is 35.9 Å². The van der Waals surface area contributed by atoms with Gasteiger partial charge in [-0.25, -0.2) is 0 Å². The summed E-state index contributed by atoms with van der Waals surface area (Å²) in [6, 6.07) is 8.34. The number of likely N-dealkylation sites (tertiary alicyclic amines) is 1. The van der Waals surface area contributed by atoms with Crippen molar-refractivity contribution in [3.8, 4) is 0 Å². The van der Waals surface area contributed by atoms with Gasteiger partial charge < -0.3 is 25.4 Å². The minimum Gasteiger partial charge on any atom is -0.394 e. The molecule has 3 N–H and O–H groups in total. The van der Waals surface area contributed by atoms with Crippen molar-refractivity contribution in [3.63, 3.8) is 0 Å². The minimum atomic E-state index is -1.05. The average Bonchev–Trinajstić information content (AvgIpc) is 3.44. The summed E-state index contributed by atoms with van der Waals surface area (Å²) < 4.78 is 6.61. The molecule has 8 heteroatoms. The molecular weight excluding hydrogens is 446 g/mol. The molecule has 35 heavy (non-hydrogen) atoms. The van der Waals surface area contributed by atoms with Gasteiger partial charge in [0.05, 0.1) is 30.1 Å². The predicted octanol–water partition coefficient (Wildman–Crippen LogP) is 1.90. The molecule has 4 fully saturated rings. The molecule has 3 saturated heterocycles. The lowest BCUT2D eigenvalue weighted by molar-refractivity contribution is -0.149. The maximum Gasteiger partial charge on any atom is 0.246 e. The molecule has 4 aliphatic rings. The van der Waals surface area contributed by atoms with Crippen LogP contribution in [0.2, 0.25) is 0 Å². The Labute approximate surface area is 206 Å². The van der Waals surface area contributed by atoms with Crippen molar-refractivity contribution in [2.75, 3.05) is 6.61 Å². The number of nitrogens with zero attached hydrogens (tertiary/aromatic N) is 1. The van der Waals surface area contributed by atoms with E-state index < -0.39 is 35.1 Å². The van der Waals surface area contributed by atoms with Gasteiger partial charge in [-0.3, -0.25) is 14.4 Å². The molecular formula is C27H37N3O5. The average molecular weight is 484 g/mol. The van der Waals surface area contributed by atoms with Gasteiger partial charge >= 0.3 is 0 Å². The molecule has 2 bridgehead atoms. The number of hydrogen-bond donors (Lipinski definition) is 3. The van der Waals surface area contributed by atoms with Gasteiger partial charge in [-0.2, -0.15) is 0 Å². The zero-order valence-corrected chi connectivity index (χ0v) is 20.7. The molecule has 3 amide bonds. The van der Waals surface area contributed by atoms with Crippen LogP contribution in [0, 0.1) is 11.8 Å². The topological polar surface area (TPSA) is 108 Å². The molecule has 3 heterocycles. The van der Waals surface area contributed by atoms with Gasteiger partial charge in [-0.15, -0.1) is 0 Å². The van der Waals surface area contributed by atoms with Crippen LogP contribution in [0.1, 0.15) is 64.4 Å². The summed E-state index contributed by atoms with van der Waals surface area (Å²) in [5.74, 6) is -2.14. The molecule has 1 saturated carbocycles. The molecule has 0 aromatic heterocycles. The summed E-state index contributed by atoms with van der Waals surface area (Å²) in [6.07, 6.45) is 6.35. The number of nitrogens with one attached hydrogen (secondary N) is 2. The molecule has 5 rings (SSSR count). The second kappa shape index (κ2) is 9.21. The summed E-state index contributed by atoms with van der Waals surface area (Å²) in [5, 5.41) is 16.2. The second-order valence-corrected chi connectivity index (χ2v) is 11.1. The number of aliphatic hydroxyl groups excluding tert-OH is 1. The lowest BCUT2D eigenvalue weighted by Gasteiger charge is -2.37. The predicted molar refractivity (Wildman–Crippen MR) is 129 cm³/mol. The first-order valence-corrected chi connectivity index (χ1v) is 13.1. The Balaban J connectivity index is 1.43. The summed E-state index contributed by atoms with van der Waals surface area (Å²) in [5.41, 5.74) is -0.885. The number of ether oxygens (including phenoxy) is 1. The van der Waals surface area contributed by atoms with Crippen molar-refractivity contribution < 1.29 is 24.2 Å². The number of aliphatic hydroxyl groups is 1. The van der Waals surface area contributed by atoms with Crippen LogP contribution in [0.25, 0.3) is 0 Å². The molecule has 1 aromatic rings. The largest absolute Gasteiger partial charge is 0.394 e. The maximum atomic E-state index is 13.9. The van der Waals surface area contributed by atoms with E-state index in [0.717, 1.165) is 31.2 Å². The third kappa shape index (κ3) is 3.95.